The van der Waals surface area contributed by atoms with Crippen molar-refractivity contribution in [2.75, 3.05) is 24.8 Å². The fourth-order valence-corrected chi connectivity index (χ4v) is 3.79. The van der Waals surface area contributed by atoms with E-state index >= 15 is 0 Å². The van der Waals surface area contributed by atoms with E-state index in [1.165, 1.54) is 36.2 Å². The standard InChI is InChI=1S/C24H21F2N7O3/c1-27-19-8-21(32-33-20(10-29-23(19)33)24(35)31-17-7-15(17)26)30-18-6-13(25)5-14(22(18)36-2)16-4-3-12(11-34)9-28-16/h3-6,8-11,15,17,27H,7H2,1-2H3,(H,30,32)(H,31,35)/t15-,17+/m0/s1. The largest absolute Gasteiger partial charge is 0.494 e. The van der Waals surface area contributed by atoms with Crippen molar-refractivity contribution in [2.45, 2.75) is 18.6 Å². The second-order valence-corrected chi connectivity index (χ2v) is 8.16. The minimum absolute atomic E-state index is 0.121. The van der Waals surface area contributed by atoms with Crippen molar-refractivity contribution in [3.05, 3.63) is 59.8 Å². The molecule has 0 radical (unpaired) electrons. The normalized spacial score (nSPS) is 16.4. The molecule has 3 N–H and O–H groups in total. The number of fused-ring (bicyclic) bond motifs is 1. The van der Waals surface area contributed by atoms with Gasteiger partial charge in [-0.1, -0.05) is 0 Å². The Labute approximate surface area is 203 Å². The van der Waals surface area contributed by atoms with Gasteiger partial charge in [0.15, 0.2) is 29.2 Å². The Bertz CT molecular complexity index is 1470. The predicted molar refractivity (Wildman–Crippen MR) is 128 cm³/mol. The first-order valence-corrected chi connectivity index (χ1v) is 11.0. The molecule has 2 atom stereocenters. The molecule has 10 nitrogen and oxygen atoms in total. The van der Waals surface area contributed by atoms with Crippen LogP contribution in [0.25, 0.3) is 16.9 Å². The van der Waals surface area contributed by atoms with Crippen LogP contribution < -0.4 is 20.7 Å². The Balaban J connectivity index is 1.54. The first kappa shape index (κ1) is 23.1. The number of nitrogens with zero attached hydrogens (tertiary/aromatic N) is 4. The summed E-state index contributed by atoms with van der Waals surface area (Å²) in [6.45, 7) is 0. The van der Waals surface area contributed by atoms with E-state index in [9.17, 15) is 18.4 Å². The average Bonchev–Trinajstić information content (AvgIpc) is 3.39. The summed E-state index contributed by atoms with van der Waals surface area (Å²) in [5.41, 5.74) is 2.45. The number of carbonyl (C=O) groups is 2. The number of pyridine rings is 1. The highest BCUT2D eigenvalue weighted by molar-refractivity contribution is 5.94. The molecule has 12 heteroatoms. The smallest absolute Gasteiger partial charge is 0.271 e. The van der Waals surface area contributed by atoms with Crippen molar-refractivity contribution < 1.29 is 23.1 Å². The third-order valence-corrected chi connectivity index (χ3v) is 5.72. The summed E-state index contributed by atoms with van der Waals surface area (Å²) in [5.74, 6) is -0.512. The summed E-state index contributed by atoms with van der Waals surface area (Å²) < 4.78 is 34.8. The zero-order chi connectivity index (χ0) is 25.4. The van der Waals surface area contributed by atoms with Gasteiger partial charge in [0.2, 0.25) is 0 Å². The summed E-state index contributed by atoms with van der Waals surface area (Å²) in [4.78, 5) is 32.1. The molecule has 1 fully saturated rings. The summed E-state index contributed by atoms with van der Waals surface area (Å²) in [7, 11) is 3.12. The molecule has 1 saturated carbocycles. The number of hydrogen-bond donors (Lipinski definition) is 3. The summed E-state index contributed by atoms with van der Waals surface area (Å²) >= 11 is 0. The van der Waals surface area contributed by atoms with E-state index in [2.05, 4.69) is 31.0 Å². The van der Waals surface area contributed by atoms with Gasteiger partial charge >= 0.3 is 0 Å². The van der Waals surface area contributed by atoms with Gasteiger partial charge in [0.25, 0.3) is 5.91 Å². The number of alkyl halides is 1. The Morgan fingerprint density at radius 2 is 2.00 bits per heavy atom. The van der Waals surface area contributed by atoms with Crippen molar-refractivity contribution in [2.24, 2.45) is 0 Å². The lowest BCUT2D eigenvalue weighted by molar-refractivity contribution is 0.0940. The number of aromatic nitrogens is 4. The van der Waals surface area contributed by atoms with Crippen LogP contribution in [-0.2, 0) is 0 Å². The van der Waals surface area contributed by atoms with E-state index in [0.29, 0.717) is 40.2 Å². The van der Waals surface area contributed by atoms with Crippen LogP contribution in [0.4, 0.5) is 26.0 Å². The third kappa shape index (κ3) is 4.28. The van der Waals surface area contributed by atoms with Crippen molar-refractivity contribution in [3.8, 4) is 17.0 Å². The quantitative estimate of drug-likeness (QED) is 0.320. The van der Waals surface area contributed by atoms with Crippen LogP contribution >= 0.6 is 0 Å². The molecule has 36 heavy (non-hydrogen) atoms. The Hall–Kier alpha value is -4.61. The number of rotatable bonds is 8. The van der Waals surface area contributed by atoms with Gasteiger partial charge < -0.3 is 20.7 Å². The van der Waals surface area contributed by atoms with Crippen molar-refractivity contribution >= 4 is 35.0 Å². The highest BCUT2D eigenvalue weighted by atomic mass is 19.1. The number of aldehydes is 1. The number of anilines is 3. The summed E-state index contributed by atoms with van der Waals surface area (Å²) in [6, 6.07) is 6.80. The van der Waals surface area contributed by atoms with Crippen LogP contribution in [-0.4, -0.2) is 58.1 Å². The van der Waals surface area contributed by atoms with Gasteiger partial charge in [-0.15, -0.1) is 5.10 Å². The molecule has 0 unspecified atom stereocenters. The number of nitrogens with one attached hydrogen (secondary N) is 3. The van der Waals surface area contributed by atoms with Crippen LogP contribution in [0, 0.1) is 5.82 Å². The monoisotopic (exact) mass is 493 g/mol. The second kappa shape index (κ2) is 9.21. The molecule has 1 aromatic carbocycles. The van der Waals surface area contributed by atoms with E-state index in [1.807, 2.05) is 0 Å². The maximum atomic E-state index is 14.6. The molecule has 1 amide bonds. The van der Waals surface area contributed by atoms with E-state index in [-0.39, 0.29) is 23.6 Å². The van der Waals surface area contributed by atoms with E-state index in [4.69, 9.17) is 4.74 Å². The number of carbonyl (C=O) groups excluding carboxylic acids is 2. The molecular weight excluding hydrogens is 472 g/mol. The maximum Gasteiger partial charge on any atom is 0.271 e. The van der Waals surface area contributed by atoms with Gasteiger partial charge in [-0.2, -0.15) is 0 Å². The Kier molecular flexibility index (Phi) is 5.92. The number of benzene rings is 1. The van der Waals surface area contributed by atoms with E-state index in [1.54, 1.807) is 25.2 Å². The number of amides is 1. The lowest BCUT2D eigenvalue weighted by atomic mass is 10.1. The molecule has 0 spiro atoms. The fraction of sp³-hybridized carbons (Fsp3) is 0.208. The van der Waals surface area contributed by atoms with Gasteiger partial charge in [0.05, 0.1) is 36.4 Å². The third-order valence-electron chi connectivity index (χ3n) is 5.72. The number of hydrogen-bond acceptors (Lipinski definition) is 8. The molecule has 0 aliphatic heterocycles. The molecule has 184 valence electrons. The average molecular weight is 493 g/mol. The molecule has 1 aliphatic rings. The SMILES string of the molecule is CNc1cc(Nc2cc(F)cc(-c3ccc(C=O)cn3)c2OC)nn2c(C(=O)N[C@@H]3C[C@@H]3F)cnc12. The molecule has 0 bridgehead atoms. The minimum atomic E-state index is -1.05. The summed E-state index contributed by atoms with van der Waals surface area (Å²) in [5, 5.41) is 13.1. The lowest BCUT2D eigenvalue weighted by Gasteiger charge is -2.16. The number of ether oxygens (including phenoxy) is 1. The highest BCUT2D eigenvalue weighted by Crippen LogP contribution is 2.38. The van der Waals surface area contributed by atoms with Crippen molar-refractivity contribution in [1.29, 1.82) is 0 Å². The van der Waals surface area contributed by atoms with Gasteiger partial charge in [0.1, 0.15) is 12.0 Å². The van der Waals surface area contributed by atoms with Crippen LogP contribution in [0.2, 0.25) is 0 Å². The zero-order valence-electron chi connectivity index (χ0n) is 19.3. The predicted octanol–water partition coefficient (Wildman–Crippen LogP) is 3.38. The van der Waals surface area contributed by atoms with Gasteiger partial charge in [-0.25, -0.2) is 18.3 Å². The highest BCUT2D eigenvalue weighted by Gasteiger charge is 2.39. The second-order valence-electron chi connectivity index (χ2n) is 8.16. The zero-order valence-corrected chi connectivity index (χ0v) is 19.3. The molecule has 3 aromatic heterocycles. The van der Waals surface area contributed by atoms with Gasteiger partial charge in [0, 0.05) is 42.9 Å². The van der Waals surface area contributed by atoms with E-state index < -0.39 is 23.9 Å². The van der Waals surface area contributed by atoms with E-state index in [0.717, 1.165) is 0 Å². The van der Waals surface area contributed by atoms with Crippen LogP contribution in [0.3, 0.4) is 0 Å². The van der Waals surface area contributed by atoms with Crippen molar-refractivity contribution in [3.63, 3.8) is 0 Å². The first-order chi connectivity index (χ1) is 17.4. The minimum Gasteiger partial charge on any atom is -0.494 e. The van der Waals surface area contributed by atoms with Crippen LogP contribution in [0.1, 0.15) is 27.3 Å². The first-order valence-electron chi connectivity index (χ1n) is 11.0. The van der Waals surface area contributed by atoms with Crippen LogP contribution in [0.5, 0.6) is 5.75 Å². The molecular formula is C24H21F2N7O3. The van der Waals surface area contributed by atoms with Gasteiger partial charge in [-0.3, -0.25) is 14.6 Å². The molecule has 3 heterocycles. The lowest BCUT2D eigenvalue weighted by Crippen LogP contribution is -2.28. The van der Waals surface area contributed by atoms with Gasteiger partial charge in [-0.05, 0) is 18.2 Å². The Morgan fingerprint density at radius 3 is 2.64 bits per heavy atom. The summed E-state index contributed by atoms with van der Waals surface area (Å²) in [6.07, 6.45) is 2.63. The number of imidazole rings is 1. The number of halogens is 2. The molecule has 0 saturated heterocycles. The molecule has 4 aromatic rings. The topological polar surface area (TPSA) is 123 Å². The fourth-order valence-electron chi connectivity index (χ4n) is 3.79. The van der Waals surface area contributed by atoms with Crippen LogP contribution in [0.15, 0.2) is 42.7 Å². The molecule has 1 aliphatic carbocycles. The van der Waals surface area contributed by atoms with Crippen molar-refractivity contribution in [1.82, 2.24) is 24.9 Å². The Morgan fingerprint density at radius 1 is 1.19 bits per heavy atom. The molecule has 5 rings (SSSR count). The maximum absolute atomic E-state index is 14.6. The number of methoxy groups -OCH3 is 1.